The quantitative estimate of drug-likeness (QED) is 0.696. The molecule has 1 aliphatic heterocycles. The molecule has 1 amide bonds. The number of amides is 1. The molecule has 1 N–H and O–H groups in total. The molecule has 1 unspecified atom stereocenters. The molecule has 1 heterocycles. The Bertz CT molecular complexity index is 1010. The lowest BCUT2D eigenvalue weighted by Crippen LogP contribution is -2.33. The van der Waals surface area contributed by atoms with E-state index in [1.165, 1.54) is 36.4 Å². The average Bonchev–Trinajstić information content (AvgIpc) is 2.87. The number of halogens is 3. The number of aliphatic hydroxyl groups is 1. The summed E-state index contributed by atoms with van der Waals surface area (Å²) in [5.74, 6) is -2.55. The second-order valence-electron chi connectivity index (χ2n) is 7.54. The highest BCUT2D eigenvalue weighted by molar-refractivity contribution is 6.42. The number of benzene rings is 2. The maximum atomic E-state index is 14.7. The molecule has 146 valence electrons. The van der Waals surface area contributed by atoms with Crippen molar-refractivity contribution < 1.29 is 19.1 Å². The van der Waals surface area contributed by atoms with E-state index < -0.39 is 34.7 Å². The first-order valence-corrected chi connectivity index (χ1v) is 9.30. The predicted molar refractivity (Wildman–Crippen MR) is 107 cm³/mol. The van der Waals surface area contributed by atoms with E-state index in [1.807, 2.05) is 0 Å². The minimum Gasteiger partial charge on any atom is -0.503 e. The van der Waals surface area contributed by atoms with Crippen LogP contribution in [0, 0.1) is 11.2 Å². The standard InChI is InChI=1S/C21H18Cl2FNO3/c1-21(2,3)19(27)16-17(12-6-4-5-7-15(12)24)25(20(28)18(16)26)11-8-9-13(22)14(23)10-11/h4-10,17,26H,1-3H3. The SMILES string of the molecule is CC(C)(C)C(=O)C1=C(O)C(=O)N(c2ccc(Cl)c(Cl)c2)C1c1ccccc1F. The molecule has 2 aromatic rings. The Labute approximate surface area is 172 Å². The monoisotopic (exact) mass is 421 g/mol. The lowest BCUT2D eigenvalue weighted by Gasteiger charge is -2.29. The molecule has 0 aromatic heterocycles. The molecule has 2 aromatic carbocycles. The topological polar surface area (TPSA) is 57.6 Å². The van der Waals surface area contributed by atoms with E-state index in [2.05, 4.69) is 0 Å². The van der Waals surface area contributed by atoms with Crippen LogP contribution >= 0.6 is 23.2 Å². The van der Waals surface area contributed by atoms with Gasteiger partial charge in [0.25, 0.3) is 5.91 Å². The maximum Gasteiger partial charge on any atom is 0.294 e. The lowest BCUT2D eigenvalue weighted by molar-refractivity contribution is -0.123. The summed E-state index contributed by atoms with van der Waals surface area (Å²) in [6.45, 7) is 5.00. The second kappa shape index (κ2) is 7.22. The van der Waals surface area contributed by atoms with Crippen LogP contribution in [0.4, 0.5) is 10.1 Å². The first kappa shape index (κ1) is 20.4. The van der Waals surface area contributed by atoms with Crippen molar-refractivity contribution in [3.05, 3.63) is 75.2 Å². The molecule has 0 fully saturated rings. The predicted octanol–water partition coefficient (Wildman–Crippen LogP) is 5.65. The van der Waals surface area contributed by atoms with Crippen LogP contribution in [0.5, 0.6) is 0 Å². The van der Waals surface area contributed by atoms with Gasteiger partial charge in [-0.2, -0.15) is 0 Å². The normalized spacial score (nSPS) is 17.4. The third kappa shape index (κ3) is 3.40. The third-order valence-electron chi connectivity index (χ3n) is 4.52. The van der Waals surface area contributed by atoms with Gasteiger partial charge >= 0.3 is 0 Å². The van der Waals surface area contributed by atoms with E-state index in [1.54, 1.807) is 26.8 Å². The van der Waals surface area contributed by atoms with Crippen LogP contribution in [0.15, 0.2) is 53.8 Å². The van der Waals surface area contributed by atoms with Crippen LogP contribution in [0.2, 0.25) is 10.0 Å². The van der Waals surface area contributed by atoms with Crippen molar-refractivity contribution in [1.82, 2.24) is 0 Å². The summed E-state index contributed by atoms with van der Waals surface area (Å²) in [6.07, 6.45) is 0. The Morgan fingerprint density at radius 2 is 1.75 bits per heavy atom. The zero-order valence-electron chi connectivity index (χ0n) is 15.5. The summed E-state index contributed by atoms with van der Waals surface area (Å²) in [5.41, 5.74) is -0.649. The molecule has 7 heteroatoms. The highest BCUT2D eigenvalue weighted by atomic mass is 35.5. The van der Waals surface area contributed by atoms with Gasteiger partial charge in [-0.15, -0.1) is 0 Å². The molecule has 0 spiro atoms. The number of ketones is 1. The van der Waals surface area contributed by atoms with Crippen LogP contribution in [0.25, 0.3) is 0 Å². The Morgan fingerprint density at radius 3 is 2.32 bits per heavy atom. The molecular formula is C21H18Cl2FNO3. The van der Waals surface area contributed by atoms with Gasteiger partial charge in [0.1, 0.15) is 5.82 Å². The van der Waals surface area contributed by atoms with Gasteiger partial charge in [-0.1, -0.05) is 62.2 Å². The summed E-state index contributed by atoms with van der Waals surface area (Å²) in [6, 6.07) is 9.15. The molecule has 1 atom stereocenters. The molecule has 28 heavy (non-hydrogen) atoms. The number of carbonyl (C=O) groups excluding carboxylic acids is 2. The summed E-state index contributed by atoms with van der Waals surface area (Å²) in [4.78, 5) is 27.1. The molecule has 0 bridgehead atoms. The van der Waals surface area contributed by atoms with E-state index in [9.17, 15) is 19.1 Å². The second-order valence-corrected chi connectivity index (χ2v) is 8.35. The number of aliphatic hydroxyl groups excluding tert-OH is 1. The Kier molecular flexibility index (Phi) is 5.26. The van der Waals surface area contributed by atoms with Crippen molar-refractivity contribution in [2.45, 2.75) is 26.8 Å². The summed E-state index contributed by atoms with van der Waals surface area (Å²) < 4.78 is 14.7. The minimum atomic E-state index is -1.13. The number of anilines is 1. The Balaban J connectivity index is 2.25. The van der Waals surface area contributed by atoms with Crippen molar-refractivity contribution in [3.63, 3.8) is 0 Å². The number of rotatable bonds is 3. The Hall–Kier alpha value is -2.37. The molecule has 0 aliphatic carbocycles. The third-order valence-corrected chi connectivity index (χ3v) is 5.25. The fraction of sp³-hybridized carbons (Fsp3) is 0.238. The van der Waals surface area contributed by atoms with Crippen LogP contribution < -0.4 is 4.90 Å². The van der Waals surface area contributed by atoms with E-state index in [-0.39, 0.29) is 26.9 Å². The molecular weight excluding hydrogens is 404 g/mol. The van der Waals surface area contributed by atoms with Gasteiger partial charge in [-0.3, -0.25) is 14.5 Å². The fourth-order valence-corrected chi connectivity index (χ4v) is 3.43. The molecule has 3 rings (SSSR count). The van der Waals surface area contributed by atoms with E-state index in [0.717, 1.165) is 4.90 Å². The van der Waals surface area contributed by atoms with Gasteiger partial charge in [0.05, 0.1) is 21.7 Å². The highest BCUT2D eigenvalue weighted by Crippen LogP contribution is 2.44. The van der Waals surface area contributed by atoms with Crippen molar-refractivity contribution in [2.24, 2.45) is 5.41 Å². The van der Waals surface area contributed by atoms with Crippen LogP contribution in [0.3, 0.4) is 0 Å². The minimum absolute atomic E-state index is 0.0959. The van der Waals surface area contributed by atoms with Crippen molar-refractivity contribution in [1.29, 1.82) is 0 Å². The summed E-state index contributed by atoms with van der Waals surface area (Å²) in [5, 5.41) is 11.0. The highest BCUT2D eigenvalue weighted by Gasteiger charge is 2.47. The first-order chi connectivity index (χ1) is 13.0. The summed E-state index contributed by atoms with van der Waals surface area (Å²) >= 11 is 12.0. The van der Waals surface area contributed by atoms with Gasteiger partial charge in [0.15, 0.2) is 11.5 Å². The van der Waals surface area contributed by atoms with Crippen molar-refractivity contribution >= 4 is 40.6 Å². The van der Waals surface area contributed by atoms with E-state index in [4.69, 9.17) is 23.2 Å². The van der Waals surface area contributed by atoms with E-state index in [0.29, 0.717) is 0 Å². The number of hydrogen-bond acceptors (Lipinski definition) is 3. The number of Topliss-reactive ketones (excluding diaryl/α,β-unsaturated/α-hetero) is 1. The van der Waals surface area contributed by atoms with Gasteiger partial charge in [-0.25, -0.2) is 4.39 Å². The van der Waals surface area contributed by atoms with Crippen molar-refractivity contribution in [2.75, 3.05) is 4.90 Å². The smallest absolute Gasteiger partial charge is 0.294 e. The number of carbonyl (C=O) groups is 2. The first-order valence-electron chi connectivity index (χ1n) is 8.55. The van der Waals surface area contributed by atoms with Crippen LogP contribution in [0.1, 0.15) is 32.4 Å². The number of hydrogen-bond donors (Lipinski definition) is 1. The van der Waals surface area contributed by atoms with Gasteiger partial charge in [0, 0.05) is 16.7 Å². The van der Waals surface area contributed by atoms with Gasteiger partial charge in [-0.05, 0) is 24.3 Å². The molecule has 0 saturated carbocycles. The van der Waals surface area contributed by atoms with Crippen molar-refractivity contribution in [3.8, 4) is 0 Å². The molecule has 0 radical (unpaired) electrons. The fourth-order valence-electron chi connectivity index (χ4n) is 3.13. The zero-order valence-corrected chi connectivity index (χ0v) is 17.0. The summed E-state index contributed by atoms with van der Waals surface area (Å²) in [7, 11) is 0. The van der Waals surface area contributed by atoms with Crippen LogP contribution in [-0.4, -0.2) is 16.8 Å². The maximum absolute atomic E-state index is 14.7. The van der Waals surface area contributed by atoms with Gasteiger partial charge < -0.3 is 5.11 Å². The zero-order chi connectivity index (χ0) is 20.8. The van der Waals surface area contributed by atoms with Crippen LogP contribution in [-0.2, 0) is 9.59 Å². The lowest BCUT2D eigenvalue weighted by atomic mass is 9.82. The van der Waals surface area contributed by atoms with E-state index >= 15 is 0 Å². The molecule has 4 nitrogen and oxygen atoms in total. The van der Waals surface area contributed by atoms with Gasteiger partial charge in [0.2, 0.25) is 0 Å². The molecule has 1 aliphatic rings. The average molecular weight is 422 g/mol. The largest absolute Gasteiger partial charge is 0.503 e. The Morgan fingerprint density at radius 1 is 1.11 bits per heavy atom. The molecule has 0 saturated heterocycles. The number of nitrogens with zero attached hydrogens (tertiary/aromatic N) is 1.